The van der Waals surface area contributed by atoms with Gasteiger partial charge in [0.1, 0.15) is 6.54 Å². The highest BCUT2D eigenvalue weighted by atomic mass is 35.5. The molecular formula is C41H46ClN3O7. The minimum Gasteiger partial charge on any atom is -0.465 e. The molecule has 0 spiro atoms. The van der Waals surface area contributed by atoms with Crippen LogP contribution in [0.4, 0.5) is 4.79 Å². The van der Waals surface area contributed by atoms with Crippen molar-refractivity contribution in [1.82, 2.24) is 15.5 Å². The van der Waals surface area contributed by atoms with Gasteiger partial charge >= 0.3 is 12.0 Å². The molecule has 274 valence electrons. The van der Waals surface area contributed by atoms with E-state index in [9.17, 15) is 19.8 Å². The Bertz CT molecular complexity index is 1780. The maximum Gasteiger partial charge on any atom is 0.325 e. The molecule has 0 aliphatic carbocycles. The second kappa shape index (κ2) is 17.5. The van der Waals surface area contributed by atoms with Crippen molar-refractivity contribution in [2.45, 2.75) is 63.4 Å². The number of likely N-dealkylation sites (tertiary alicyclic amines) is 1. The number of aliphatic hydroxyl groups excluding tert-OH is 1. The van der Waals surface area contributed by atoms with Crippen LogP contribution in [0.3, 0.4) is 0 Å². The third-order valence-electron chi connectivity index (χ3n) is 9.79. The summed E-state index contributed by atoms with van der Waals surface area (Å²) in [5.41, 5.74) is 5.61. The van der Waals surface area contributed by atoms with Crippen LogP contribution in [0.2, 0.25) is 5.02 Å². The zero-order valence-corrected chi connectivity index (χ0v) is 30.1. The zero-order valence-electron chi connectivity index (χ0n) is 29.3. The van der Waals surface area contributed by atoms with Gasteiger partial charge in [-0.1, -0.05) is 96.5 Å². The second-order valence-corrected chi connectivity index (χ2v) is 13.7. The Morgan fingerprint density at radius 1 is 0.904 bits per heavy atom. The van der Waals surface area contributed by atoms with Gasteiger partial charge in [0.05, 0.1) is 31.0 Å². The number of nitrogens with zero attached hydrogens (tertiary/aromatic N) is 1. The molecule has 2 aliphatic rings. The monoisotopic (exact) mass is 727 g/mol. The number of carbonyl (C=O) groups excluding carboxylic acids is 2. The van der Waals surface area contributed by atoms with Gasteiger partial charge in [-0.3, -0.25) is 4.79 Å². The topological polar surface area (TPSA) is 130 Å². The summed E-state index contributed by atoms with van der Waals surface area (Å²) in [4.78, 5) is 26.3. The largest absolute Gasteiger partial charge is 0.465 e. The van der Waals surface area contributed by atoms with Gasteiger partial charge in [-0.15, -0.1) is 0 Å². The highest BCUT2D eigenvalue weighted by molar-refractivity contribution is 6.30. The molecule has 2 aliphatic heterocycles. The van der Waals surface area contributed by atoms with Crippen LogP contribution in [0.5, 0.6) is 0 Å². The maximum absolute atomic E-state index is 12.3. The van der Waals surface area contributed by atoms with Gasteiger partial charge in [-0.25, -0.2) is 4.79 Å². The number of halogens is 1. The highest BCUT2D eigenvalue weighted by Crippen LogP contribution is 2.40. The Balaban J connectivity index is 1.13. The third kappa shape index (κ3) is 9.57. The summed E-state index contributed by atoms with van der Waals surface area (Å²) < 4.78 is 18.1. The van der Waals surface area contributed by atoms with E-state index >= 15 is 0 Å². The fourth-order valence-corrected chi connectivity index (χ4v) is 6.98. The molecule has 0 unspecified atom stereocenters. The first-order chi connectivity index (χ1) is 25.2. The molecule has 10 nitrogen and oxygen atoms in total. The molecule has 2 amide bonds. The lowest BCUT2D eigenvalue weighted by Crippen LogP contribution is -2.46. The van der Waals surface area contributed by atoms with Crippen molar-refractivity contribution in [2.75, 3.05) is 32.8 Å². The summed E-state index contributed by atoms with van der Waals surface area (Å²) in [6.45, 7) is 4.19. The average molecular weight is 728 g/mol. The first-order valence-electron chi connectivity index (χ1n) is 17.8. The molecule has 2 saturated heterocycles. The van der Waals surface area contributed by atoms with Crippen LogP contribution < -0.4 is 10.6 Å². The van der Waals surface area contributed by atoms with Crippen molar-refractivity contribution in [3.8, 4) is 11.1 Å². The molecule has 4 N–H and O–H groups in total. The number of amides is 2. The number of hydrogen-bond acceptors (Lipinski definition) is 8. The first-order valence-corrected chi connectivity index (χ1v) is 18.2. The smallest absolute Gasteiger partial charge is 0.325 e. The molecule has 11 heteroatoms. The van der Waals surface area contributed by atoms with Crippen LogP contribution in [-0.4, -0.2) is 66.0 Å². The highest BCUT2D eigenvalue weighted by Gasteiger charge is 2.37. The zero-order chi connectivity index (χ0) is 36.5. The van der Waals surface area contributed by atoms with E-state index < -0.39 is 23.9 Å². The van der Waals surface area contributed by atoms with E-state index in [1.54, 1.807) is 6.92 Å². The predicted octanol–water partition coefficient (Wildman–Crippen LogP) is 6.39. The standard InChI is InChI=1S/C41H46ClN3O7/c1-2-50-38(47)25-44-40(48)43-24-32-5-3-4-6-36(32)29-11-13-31(14-12-29)39-51-35(23-37(52-39)30-9-7-28(27-46)8-10-30)26-45-21-19-41(49,20-22-45)33-15-17-34(42)18-16-33/h3-18,35,37,39,46,49H,2,19-27H2,1H3,(H2,43,44,48)/t35-,37+,39+/m0/s1. The average Bonchev–Trinajstić information content (AvgIpc) is 3.17. The van der Waals surface area contributed by atoms with Crippen LogP contribution in [0.15, 0.2) is 97.1 Å². The van der Waals surface area contributed by atoms with Crippen LogP contribution in [0, 0.1) is 0 Å². The Morgan fingerprint density at radius 2 is 1.60 bits per heavy atom. The van der Waals surface area contributed by atoms with E-state index in [2.05, 4.69) is 15.5 Å². The summed E-state index contributed by atoms with van der Waals surface area (Å²) in [6, 6.07) is 30.8. The number of rotatable bonds is 12. The van der Waals surface area contributed by atoms with Gasteiger partial charge in [0.25, 0.3) is 0 Å². The molecule has 0 saturated carbocycles. The second-order valence-electron chi connectivity index (χ2n) is 13.3. The summed E-state index contributed by atoms with van der Waals surface area (Å²) in [5.74, 6) is -0.490. The van der Waals surface area contributed by atoms with Crippen LogP contribution >= 0.6 is 11.6 Å². The lowest BCUT2D eigenvalue weighted by atomic mass is 9.84. The molecule has 0 radical (unpaired) electrons. The number of piperidine rings is 1. The minimum absolute atomic E-state index is 0.0221. The van der Waals surface area contributed by atoms with E-state index in [1.165, 1.54) is 0 Å². The molecule has 3 atom stereocenters. The number of hydrogen-bond donors (Lipinski definition) is 4. The summed E-state index contributed by atoms with van der Waals surface area (Å²) in [6.07, 6.45) is 0.955. The van der Waals surface area contributed by atoms with Crippen LogP contribution in [-0.2, 0) is 37.8 Å². The fraction of sp³-hybridized carbons (Fsp3) is 0.366. The molecule has 4 aromatic rings. The van der Waals surface area contributed by atoms with Crippen molar-refractivity contribution < 1.29 is 34.0 Å². The summed E-state index contributed by atoms with van der Waals surface area (Å²) >= 11 is 6.09. The third-order valence-corrected chi connectivity index (χ3v) is 10.0. The van der Waals surface area contributed by atoms with Gasteiger partial charge in [-0.05, 0) is 65.3 Å². The molecule has 52 heavy (non-hydrogen) atoms. The van der Waals surface area contributed by atoms with E-state index in [4.69, 9.17) is 25.8 Å². The van der Waals surface area contributed by atoms with Crippen LogP contribution in [0.1, 0.15) is 66.4 Å². The normalized spacial score (nSPS) is 20.2. The summed E-state index contributed by atoms with van der Waals surface area (Å²) in [7, 11) is 0. The maximum atomic E-state index is 12.3. The molecule has 0 aromatic heterocycles. The quantitative estimate of drug-likeness (QED) is 0.124. The van der Waals surface area contributed by atoms with Crippen molar-refractivity contribution >= 4 is 23.6 Å². The molecular weight excluding hydrogens is 682 g/mol. The Morgan fingerprint density at radius 3 is 2.29 bits per heavy atom. The predicted molar refractivity (Wildman–Crippen MR) is 198 cm³/mol. The molecule has 6 rings (SSSR count). The van der Waals surface area contributed by atoms with Gasteiger partial charge in [0.2, 0.25) is 0 Å². The van der Waals surface area contributed by atoms with Crippen molar-refractivity contribution in [3.05, 3.63) is 130 Å². The number of urea groups is 1. The van der Waals surface area contributed by atoms with Crippen molar-refractivity contribution in [2.24, 2.45) is 0 Å². The number of benzene rings is 4. The lowest BCUT2D eigenvalue weighted by molar-refractivity contribution is -0.253. The number of nitrogens with one attached hydrogen (secondary N) is 2. The van der Waals surface area contributed by atoms with E-state index in [1.807, 2.05) is 97.1 Å². The number of esters is 1. The Labute approximate surface area is 309 Å². The van der Waals surface area contributed by atoms with Gasteiger partial charge < -0.3 is 40.0 Å². The van der Waals surface area contributed by atoms with E-state index in [0.717, 1.165) is 52.0 Å². The summed E-state index contributed by atoms with van der Waals surface area (Å²) in [5, 5.41) is 27.0. The number of carbonyl (C=O) groups is 2. The van der Waals surface area contributed by atoms with E-state index in [-0.39, 0.29) is 38.5 Å². The SMILES string of the molecule is CCOC(=O)CNC(=O)NCc1ccccc1-c1ccc([C@@H]2O[C@H](CN3CCC(O)(c4ccc(Cl)cc4)CC3)C[C@H](c3ccc(CO)cc3)O2)cc1. The lowest BCUT2D eigenvalue weighted by Gasteiger charge is -2.42. The van der Waals surface area contributed by atoms with Gasteiger partial charge in [-0.2, -0.15) is 0 Å². The van der Waals surface area contributed by atoms with Crippen molar-refractivity contribution in [3.63, 3.8) is 0 Å². The number of aliphatic hydroxyl groups is 2. The molecule has 0 bridgehead atoms. The molecule has 4 aromatic carbocycles. The fourth-order valence-electron chi connectivity index (χ4n) is 6.85. The van der Waals surface area contributed by atoms with Crippen molar-refractivity contribution in [1.29, 1.82) is 0 Å². The minimum atomic E-state index is -0.885. The first kappa shape index (κ1) is 37.5. The molecule has 2 fully saturated rings. The van der Waals surface area contributed by atoms with E-state index in [0.29, 0.717) is 30.8 Å². The van der Waals surface area contributed by atoms with Crippen LogP contribution in [0.25, 0.3) is 11.1 Å². The number of ether oxygens (including phenoxy) is 3. The van der Waals surface area contributed by atoms with Gasteiger partial charge in [0.15, 0.2) is 6.29 Å². The Kier molecular flexibility index (Phi) is 12.6. The molecule has 2 heterocycles. The Hall–Kier alpha value is -4.29. The van der Waals surface area contributed by atoms with Gasteiger partial charge in [0, 0.05) is 43.2 Å².